The van der Waals surface area contributed by atoms with Crippen molar-refractivity contribution in [3.8, 4) is 0 Å². The second-order valence-electron chi connectivity index (χ2n) is 11.3. The first kappa shape index (κ1) is 25.3. The number of rotatable bonds is 11. The predicted molar refractivity (Wildman–Crippen MR) is 151 cm³/mol. The molecule has 36 heavy (non-hydrogen) atoms. The van der Waals surface area contributed by atoms with Gasteiger partial charge in [0.05, 0.1) is 11.0 Å². The Hall–Kier alpha value is -2.33. The summed E-state index contributed by atoms with van der Waals surface area (Å²) in [5, 5.41) is 0. The number of benzene rings is 2. The smallest absolute Gasteiger partial charge is 0.303 e. The lowest BCUT2D eigenvalue weighted by Crippen LogP contribution is -2.38. The molecule has 1 aliphatic carbocycles. The fourth-order valence-electron chi connectivity index (χ4n) is 6.69. The van der Waals surface area contributed by atoms with Crippen molar-refractivity contribution < 1.29 is 0 Å². The standard InChI is InChI=1S/C32H45N3O/c36-32-34(24-12-10-18-28-15-5-2-6-16-28)30-19-7-8-20-31(30)35(32)29-21-25-33(26-22-29)23-11-9-17-27-13-3-1-4-14-27/h1,3-4,7-8,13-14,19-20,28-29H,2,5-6,9-12,15-18,21-26H2. The molecule has 4 heteroatoms. The van der Waals surface area contributed by atoms with Gasteiger partial charge in [-0.25, -0.2) is 4.79 Å². The highest BCUT2D eigenvalue weighted by molar-refractivity contribution is 5.76. The lowest BCUT2D eigenvalue weighted by molar-refractivity contribution is 0.183. The van der Waals surface area contributed by atoms with Gasteiger partial charge in [-0.05, 0) is 68.7 Å². The highest BCUT2D eigenvalue weighted by Crippen LogP contribution is 2.29. The Bertz CT molecular complexity index is 1120. The molecule has 3 aromatic rings. The van der Waals surface area contributed by atoms with Crippen molar-refractivity contribution in [3.05, 3.63) is 70.6 Å². The molecular formula is C32H45N3O. The van der Waals surface area contributed by atoms with Crippen LogP contribution in [-0.4, -0.2) is 33.7 Å². The molecule has 0 atom stereocenters. The number of piperidine rings is 1. The van der Waals surface area contributed by atoms with Gasteiger partial charge in [-0.3, -0.25) is 9.13 Å². The lowest BCUT2D eigenvalue weighted by atomic mass is 9.86. The Morgan fingerprint density at radius 1 is 0.694 bits per heavy atom. The highest BCUT2D eigenvalue weighted by atomic mass is 16.1. The van der Waals surface area contributed by atoms with Crippen molar-refractivity contribution in [2.24, 2.45) is 5.92 Å². The van der Waals surface area contributed by atoms with Crippen LogP contribution in [0.5, 0.6) is 0 Å². The van der Waals surface area contributed by atoms with Crippen molar-refractivity contribution in [3.63, 3.8) is 0 Å². The minimum Gasteiger partial charge on any atom is -0.303 e. The van der Waals surface area contributed by atoms with Crippen LogP contribution in [0.4, 0.5) is 0 Å². The van der Waals surface area contributed by atoms with Crippen LogP contribution in [0.25, 0.3) is 11.0 Å². The predicted octanol–water partition coefficient (Wildman–Crippen LogP) is 7.21. The first-order chi connectivity index (χ1) is 17.8. The molecule has 2 heterocycles. The third-order valence-electron chi connectivity index (χ3n) is 8.79. The van der Waals surface area contributed by atoms with E-state index in [9.17, 15) is 4.79 Å². The van der Waals surface area contributed by atoms with Crippen molar-refractivity contribution >= 4 is 11.0 Å². The molecule has 1 saturated carbocycles. The Morgan fingerprint density at radius 2 is 1.39 bits per heavy atom. The van der Waals surface area contributed by atoms with Gasteiger partial charge in [0.2, 0.25) is 0 Å². The zero-order chi connectivity index (χ0) is 24.6. The van der Waals surface area contributed by atoms with E-state index in [0.717, 1.165) is 55.8 Å². The zero-order valence-electron chi connectivity index (χ0n) is 22.1. The number of hydrogen-bond acceptors (Lipinski definition) is 2. The largest absolute Gasteiger partial charge is 0.329 e. The molecule has 2 aromatic carbocycles. The quantitative estimate of drug-likeness (QED) is 0.267. The van der Waals surface area contributed by atoms with Gasteiger partial charge in [-0.2, -0.15) is 0 Å². The van der Waals surface area contributed by atoms with Gasteiger partial charge in [0.15, 0.2) is 0 Å². The number of nitrogens with zero attached hydrogens (tertiary/aromatic N) is 3. The number of aryl methyl sites for hydroxylation is 2. The fraction of sp³-hybridized carbons (Fsp3) is 0.594. The van der Waals surface area contributed by atoms with Crippen molar-refractivity contribution in [2.45, 2.75) is 96.1 Å². The Kier molecular flexibility index (Phi) is 8.98. The minimum atomic E-state index is 0.218. The molecule has 1 aromatic heterocycles. The molecule has 194 valence electrons. The summed E-state index contributed by atoms with van der Waals surface area (Å²) in [5.74, 6) is 0.931. The Labute approximate surface area is 217 Å². The Balaban J connectivity index is 1.14. The number of hydrogen-bond donors (Lipinski definition) is 0. The molecule has 0 unspecified atom stereocenters. The monoisotopic (exact) mass is 487 g/mol. The Morgan fingerprint density at radius 3 is 2.17 bits per heavy atom. The van der Waals surface area contributed by atoms with Crippen LogP contribution in [-0.2, 0) is 13.0 Å². The highest BCUT2D eigenvalue weighted by Gasteiger charge is 2.25. The van der Waals surface area contributed by atoms with Crippen LogP contribution < -0.4 is 5.69 Å². The maximum absolute atomic E-state index is 13.6. The minimum absolute atomic E-state index is 0.218. The topological polar surface area (TPSA) is 30.2 Å². The summed E-state index contributed by atoms with van der Waals surface area (Å²) < 4.78 is 4.22. The van der Waals surface area contributed by atoms with Crippen LogP contribution in [0.3, 0.4) is 0 Å². The summed E-state index contributed by atoms with van der Waals surface area (Å²) in [4.78, 5) is 16.2. The van der Waals surface area contributed by atoms with E-state index in [2.05, 4.69) is 68.6 Å². The van der Waals surface area contributed by atoms with E-state index in [0.29, 0.717) is 6.04 Å². The molecule has 0 amide bonds. The van der Waals surface area contributed by atoms with Crippen molar-refractivity contribution in [1.82, 2.24) is 14.0 Å². The van der Waals surface area contributed by atoms with Crippen LogP contribution in [0.1, 0.15) is 88.7 Å². The van der Waals surface area contributed by atoms with E-state index in [-0.39, 0.29) is 5.69 Å². The van der Waals surface area contributed by atoms with Gasteiger partial charge in [-0.1, -0.05) is 87.4 Å². The summed E-state index contributed by atoms with van der Waals surface area (Å²) in [6.45, 7) is 4.24. The number of aromatic nitrogens is 2. The molecule has 2 aliphatic rings. The van der Waals surface area contributed by atoms with Crippen LogP contribution in [0.2, 0.25) is 0 Å². The summed E-state index contributed by atoms with van der Waals surface area (Å²) in [5.41, 5.74) is 3.93. The van der Waals surface area contributed by atoms with E-state index in [4.69, 9.17) is 0 Å². The second-order valence-corrected chi connectivity index (χ2v) is 11.3. The van der Waals surface area contributed by atoms with E-state index in [1.54, 1.807) is 0 Å². The van der Waals surface area contributed by atoms with Gasteiger partial charge < -0.3 is 4.90 Å². The molecular weight excluding hydrogens is 442 g/mol. The third kappa shape index (κ3) is 6.32. The van der Waals surface area contributed by atoms with Crippen molar-refractivity contribution in [1.29, 1.82) is 0 Å². The first-order valence-corrected chi connectivity index (χ1v) is 14.8. The molecule has 0 bridgehead atoms. The van der Waals surface area contributed by atoms with Gasteiger partial charge in [0.25, 0.3) is 0 Å². The SMILES string of the molecule is O=c1n(CCCCC2CCCCC2)c2ccccc2n1C1CCN(CCCCc2ccccc2)CC1. The number of unbranched alkanes of at least 4 members (excludes halogenated alkanes) is 2. The molecule has 2 fully saturated rings. The van der Waals surface area contributed by atoms with Gasteiger partial charge in [-0.15, -0.1) is 0 Å². The molecule has 5 rings (SSSR count). The number of para-hydroxylation sites is 2. The van der Waals surface area contributed by atoms with Gasteiger partial charge >= 0.3 is 5.69 Å². The van der Waals surface area contributed by atoms with E-state index < -0.39 is 0 Å². The molecule has 0 spiro atoms. The van der Waals surface area contributed by atoms with Crippen molar-refractivity contribution in [2.75, 3.05) is 19.6 Å². The first-order valence-electron chi connectivity index (χ1n) is 14.8. The summed E-state index contributed by atoms with van der Waals surface area (Å²) >= 11 is 0. The molecule has 1 aliphatic heterocycles. The maximum Gasteiger partial charge on any atom is 0.329 e. The molecule has 0 N–H and O–H groups in total. The van der Waals surface area contributed by atoms with Crippen LogP contribution in [0.15, 0.2) is 59.4 Å². The lowest BCUT2D eigenvalue weighted by Gasteiger charge is -2.32. The maximum atomic E-state index is 13.6. The third-order valence-corrected chi connectivity index (χ3v) is 8.79. The van der Waals surface area contributed by atoms with E-state index in [1.165, 1.54) is 76.3 Å². The van der Waals surface area contributed by atoms with E-state index in [1.807, 2.05) is 0 Å². The van der Waals surface area contributed by atoms with Crippen LogP contribution >= 0.6 is 0 Å². The summed E-state index contributed by atoms with van der Waals surface area (Å²) in [6, 6.07) is 19.6. The summed E-state index contributed by atoms with van der Waals surface area (Å²) in [7, 11) is 0. The number of fused-ring (bicyclic) bond motifs is 1. The van der Waals surface area contributed by atoms with Gasteiger partial charge in [0, 0.05) is 25.7 Å². The normalized spacial score (nSPS) is 18.2. The average Bonchev–Trinajstić information content (AvgIpc) is 3.21. The second kappa shape index (κ2) is 12.8. The van der Waals surface area contributed by atoms with E-state index >= 15 is 0 Å². The average molecular weight is 488 g/mol. The molecule has 4 nitrogen and oxygen atoms in total. The summed E-state index contributed by atoms with van der Waals surface area (Å²) in [6.07, 6.45) is 16.7. The molecule has 1 saturated heterocycles. The fourth-order valence-corrected chi connectivity index (χ4v) is 6.69. The van der Waals surface area contributed by atoms with Crippen LogP contribution in [0, 0.1) is 5.92 Å². The number of likely N-dealkylation sites (tertiary alicyclic amines) is 1. The van der Waals surface area contributed by atoms with Gasteiger partial charge in [0.1, 0.15) is 0 Å². The molecule has 0 radical (unpaired) electrons. The zero-order valence-corrected chi connectivity index (χ0v) is 22.1. The number of imidazole rings is 1.